The Morgan fingerprint density at radius 1 is 0.712 bits per heavy atom. The number of fused-ring (bicyclic) bond motifs is 3. The third-order valence-electron chi connectivity index (χ3n) is 11.0. The molecule has 21 unspecified atom stereocenters. The van der Waals surface area contributed by atoms with Crippen LogP contribution in [0.5, 0.6) is 0 Å². The van der Waals surface area contributed by atoms with Gasteiger partial charge in [0.25, 0.3) is 0 Å². The Balaban J connectivity index is 2.07. The monoisotopic (exact) mass is 1370 g/mol. The van der Waals surface area contributed by atoms with Gasteiger partial charge >= 0.3 is 6.16 Å². The van der Waals surface area contributed by atoms with E-state index in [1.54, 1.807) is 7.11 Å². The molecule has 29 atom stereocenters. The van der Waals surface area contributed by atoms with Gasteiger partial charge in [-0.3, -0.25) is 0 Å². The minimum atomic E-state index is -1.06. The Morgan fingerprint density at radius 3 is 1.71 bits per heavy atom. The van der Waals surface area contributed by atoms with Crippen molar-refractivity contribution in [2.45, 2.75) is 83.1 Å². The highest BCUT2D eigenvalue weighted by molar-refractivity contribution is 9.25. The fraction of sp³-hybridized carbons (Fsp3) is 0.773. The highest BCUT2D eigenvalue weighted by atomic mass is 33.3. The van der Waals surface area contributed by atoms with Crippen LogP contribution in [0.4, 0.5) is 4.79 Å². The van der Waals surface area contributed by atoms with Crippen molar-refractivity contribution in [3.8, 4) is 0 Å². The van der Waals surface area contributed by atoms with Crippen molar-refractivity contribution in [2.75, 3.05) is 7.11 Å². The van der Waals surface area contributed by atoms with Gasteiger partial charge < -0.3 is 27.8 Å². The minimum Gasteiger partial charge on any atom is -0.426 e. The molecule has 2 saturated carbocycles. The second-order valence-corrected chi connectivity index (χ2v) is 121. The molecule has 1 saturated heterocycles. The second kappa shape index (κ2) is 27.7. The molecular weight excluding hydrogens is 1310 g/mol. The van der Waals surface area contributed by atoms with Crippen molar-refractivity contribution in [2.24, 2.45) is 16.7 Å². The minimum absolute atomic E-state index is 0.206. The van der Waals surface area contributed by atoms with Crippen LogP contribution < -0.4 is 0 Å². The topological polar surface area (TPSA) is 72.5 Å². The standard InChI is InChI=1S/C22H62O7P30/c1-10-12(24-6)7-15(29-48(50(32)33)51(34)35)21(5)8-14(28-49(52(36)37)57(46-30)53(38)39)16-11(2)13(27-47(31)58(54(40)41)59(55(42)43)56(44)45)9-22(20(16,3)4)18(17(10)21)25-19(23)26-22/h12-15,17-18,46H,1,7-9,30-45H2,2-6H3/t12-,13-,14+,15-,17-,18-,21+,22+,47?,49?,57?,58?/m0/s1. The molecule has 0 aromatic rings. The van der Waals surface area contributed by atoms with E-state index in [2.05, 4.69) is 171 Å². The van der Waals surface area contributed by atoms with Crippen molar-refractivity contribution in [3.63, 3.8) is 0 Å². The highest BCUT2D eigenvalue weighted by Crippen LogP contribution is 3.21. The lowest BCUT2D eigenvalue weighted by Crippen LogP contribution is -2.67. The van der Waals surface area contributed by atoms with E-state index in [9.17, 15) is 4.79 Å². The molecule has 342 valence electrons. The van der Waals surface area contributed by atoms with Crippen LogP contribution in [0.15, 0.2) is 23.3 Å². The summed E-state index contributed by atoms with van der Waals surface area (Å²) in [5.74, 6) is -0.323. The van der Waals surface area contributed by atoms with E-state index in [-0.39, 0.29) is 58.3 Å². The zero-order chi connectivity index (χ0) is 44.9. The molecular formula is C22H62O7P30. The molecule has 0 N–H and O–H groups in total. The van der Waals surface area contributed by atoms with E-state index in [0.717, 1.165) is 13.5 Å². The van der Waals surface area contributed by atoms with Gasteiger partial charge in [0.1, 0.15) is 0 Å². The lowest BCUT2D eigenvalue weighted by molar-refractivity contribution is -0.161. The molecule has 0 aromatic heterocycles. The van der Waals surface area contributed by atoms with E-state index < -0.39 is 93.2 Å². The Hall–Kier alpha value is 11.5. The van der Waals surface area contributed by atoms with E-state index in [4.69, 9.17) is 34.4 Å². The van der Waals surface area contributed by atoms with Crippen LogP contribution in [0.2, 0.25) is 0 Å². The predicted octanol–water partition coefficient (Wildman–Crippen LogP) is 20.6. The van der Waals surface area contributed by atoms with Gasteiger partial charge in [-0.25, -0.2) is 4.79 Å². The van der Waals surface area contributed by atoms with Crippen molar-refractivity contribution in [3.05, 3.63) is 23.3 Å². The van der Waals surface area contributed by atoms with Gasteiger partial charge in [0, 0.05) is 50.7 Å². The van der Waals surface area contributed by atoms with Crippen LogP contribution in [0, 0.1) is 16.7 Å². The van der Waals surface area contributed by atoms with Crippen LogP contribution in [-0.4, -0.2) is 49.4 Å². The predicted molar refractivity (Wildman–Crippen MR) is 354 cm³/mol. The normalized spacial score (nSPS) is 33.5. The summed E-state index contributed by atoms with van der Waals surface area (Å²) in [6, 6.07) is 0. The Bertz CT molecular complexity index is 1490. The van der Waals surface area contributed by atoms with E-state index in [0.29, 0.717) is 19.3 Å². The average molecular weight is 1370 g/mol. The van der Waals surface area contributed by atoms with Crippen molar-refractivity contribution in [1.82, 2.24) is 0 Å². The first-order valence-electron chi connectivity index (χ1n) is 17.1. The summed E-state index contributed by atoms with van der Waals surface area (Å²) in [6.45, 7) is 9.80. The number of rotatable bonds is 18. The van der Waals surface area contributed by atoms with Crippen LogP contribution in [0.25, 0.3) is 0 Å². The third kappa shape index (κ3) is 14.6. The summed E-state index contributed by atoms with van der Waals surface area (Å²) < 4.78 is 42.7. The van der Waals surface area contributed by atoms with Crippen LogP contribution in [-0.2, 0) is 27.8 Å². The molecule has 3 fully saturated rings. The molecule has 4 rings (SSSR count). The Kier molecular flexibility index (Phi) is 29.6. The molecule has 37 heteroatoms. The van der Waals surface area contributed by atoms with Crippen molar-refractivity contribution >= 4 is 249 Å². The lowest BCUT2D eigenvalue weighted by atomic mass is 9.48. The Labute approximate surface area is 408 Å². The fourth-order valence-electron chi connectivity index (χ4n) is 8.61. The van der Waals surface area contributed by atoms with Gasteiger partial charge in [-0.15, -0.1) is 134 Å². The number of methoxy groups -OCH3 is 1. The van der Waals surface area contributed by atoms with E-state index >= 15 is 0 Å². The van der Waals surface area contributed by atoms with Crippen LogP contribution >= 0.6 is 243 Å². The molecule has 7 nitrogen and oxygen atoms in total. The molecule has 3 aliphatic carbocycles. The number of carbonyl (C=O) groups is 1. The van der Waals surface area contributed by atoms with Crippen LogP contribution in [0.1, 0.15) is 47.0 Å². The smallest absolute Gasteiger partial charge is 0.426 e. The maximum atomic E-state index is 14.1. The van der Waals surface area contributed by atoms with Gasteiger partial charge in [-0.2, -0.15) is 0 Å². The van der Waals surface area contributed by atoms with E-state index in [1.165, 1.54) is 11.1 Å². The largest absolute Gasteiger partial charge is 0.509 e. The van der Waals surface area contributed by atoms with Crippen molar-refractivity contribution < 1.29 is 32.6 Å². The average Bonchev–Trinajstić information content (AvgIpc) is 3.43. The second-order valence-electron chi connectivity index (χ2n) is 14.6. The fourth-order valence-corrected chi connectivity index (χ4v) is 238. The van der Waals surface area contributed by atoms with Gasteiger partial charge in [0.15, 0.2) is 11.7 Å². The third-order valence-corrected chi connectivity index (χ3v) is 154. The maximum absolute atomic E-state index is 14.1. The molecule has 1 spiro atoms. The summed E-state index contributed by atoms with van der Waals surface area (Å²) in [4.78, 5) is 14.1. The number of hydrogen-bond donors (Lipinski definition) is 0. The van der Waals surface area contributed by atoms with Crippen molar-refractivity contribution in [1.29, 1.82) is 0 Å². The first-order valence-corrected chi connectivity index (χ1v) is 69.3. The molecule has 1 heterocycles. The van der Waals surface area contributed by atoms with Gasteiger partial charge in [-0.1, -0.05) is 44.2 Å². The van der Waals surface area contributed by atoms with Crippen LogP contribution in [0.3, 0.4) is 0 Å². The Morgan fingerprint density at radius 2 is 1.25 bits per heavy atom. The molecule has 1 aliphatic heterocycles. The van der Waals surface area contributed by atoms with Gasteiger partial charge in [-0.05, 0) is 86.0 Å². The molecule has 4 aliphatic rings. The first-order chi connectivity index (χ1) is 27.2. The summed E-state index contributed by atoms with van der Waals surface area (Å²) in [5, 5.41) is 0. The van der Waals surface area contributed by atoms with Gasteiger partial charge in [0.2, 0.25) is 0 Å². The molecule has 59 heavy (non-hydrogen) atoms. The summed E-state index contributed by atoms with van der Waals surface area (Å²) >= 11 is 0. The van der Waals surface area contributed by atoms with E-state index in [1.807, 2.05) is 0 Å². The number of ether oxygens (including phenoxy) is 3. The first kappa shape index (κ1) is 63.0. The van der Waals surface area contributed by atoms with Gasteiger partial charge in [0.05, 0.1) is 47.0 Å². The molecule has 0 amide bonds. The number of hydrogen-bond acceptors (Lipinski definition) is 7. The highest BCUT2D eigenvalue weighted by Gasteiger charge is 2.73. The summed E-state index contributed by atoms with van der Waals surface area (Å²) in [6.07, 6.45) is -0.476. The molecule has 0 radical (unpaired) electrons. The summed E-state index contributed by atoms with van der Waals surface area (Å²) in [5.41, 5.74) is 1.09. The molecule has 2 bridgehead atoms. The molecule has 0 aromatic carbocycles. The lowest BCUT2D eigenvalue weighted by Gasteiger charge is -2.62. The number of carbonyl (C=O) groups excluding carboxylic acids is 1. The summed E-state index contributed by atoms with van der Waals surface area (Å²) in [7, 11) is 49.8. The zero-order valence-corrected chi connectivity index (χ0v) is 64.3. The quantitative estimate of drug-likeness (QED) is 0.0769. The maximum Gasteiger partial charge on any atom is 0.509 e. The zero-order valence-electron chi connectivity index (χ0n) is 33.2. The SMILES string of the molecule is C=C1[C@@H](OC)C[C@H](OP(P(P)P)P(P)P)[C@@]2(C)C[C@@H](OP(P(P)P)P(PP)P(P)P)C3=C(C)[C@@H](OP(P)P(P(P)P)P(P(P)P)P(P)P)C[C@]4(OC(=O)O[C@H]4[C@H]12)C3(C)C.